The second-order valence-electron chi connectivity index (χ2n) is 5.21. The maximum absolute atomic E-state index is 12.6. The molecule has 0 fully saturated rings. The Morgan fingerprint density at radius 3 is 2.48 bits per heavy atom. The first-order valence-corrected chi connectivity index (χ1v) is 8.35. The number of aromatic amines is 1. The number of aryl methyl sites for hydroxylation is 2. The van der Waals surface area contributed by atoms with E-state index in [-0.39, 0.29) is 23.1 Å². The number of methoxy groups -OCH3 is 1. The summed E-state index contributed by atoms with van der Waals surface area (Å²) in [5.74, 6) is -1.50. The molecule has 0 unspecified atom stereocenters. The summed E-state index contributed by atoms with van der Waals surface area (Å²) >= 11 is 1.17. The smallest absolute Gasteiger partial charge is 0.357 e. The van der Waals surface area contributed by atoms with Crippen LogP contribution in [0.3, 0.4) is 0 Å². The van der Waals surface area contributed by atoms with Crippen molar-refractivity contribution in [3.8, 4) is 0 Å². The largest absolute Gasteiger partial charge is 0.464 e. The molecule has 0 aliphatic rings. The average Bonchev–Trinajstić information content (AvgIpc) is 3.06. The lowest BCUT2D eigenvalue weighted by molar-refractivity contribution is 0.0518. The summed E-state index contributed by atoms with van der Waals surface area (Å²) in [6.07, 6.45) is 0. The van der Waals surface area contributed by atoms with E-state index in [0.29, 0.717) is 21.7 Å². The molecule has 2 aromatic heterocycles. The van der Waals surface area contributed by atoms with Crippen LogP contribution in [0.25, 0.3) is 0 Å². The maximum atomic E-state index is 12.6. The van der Waals surface area contributed by atoms with Crippen LogP contribution in [0, 0.1) is 20.8 Å². The van der Waals surface area contributed by atoms with Gasteiger partial charge in [-0.3, -0.25) is 10.1 Å². The van der Waals surface area contributed by atoms with E-state index in [2.05, 4.69) is 20.0 Å². The number of carbonyl (C=O) groups is 3. The molecule has 2 rings (SSSR count). The molecule has 2 heterocycles. The summed E-state index contributed by atoms with van der Waals surface area (Å²) < 4.78 is 9.62. The molecule has 134 valence electrons. The molecule has 8 nitrogen and oxygen atoms in total. The normalized spacial score (nSPS) is 10.4. The number of nitrogens with zero attached hydrogens (tertiary/aromatic N) is 1. The van der Waals surface area contributed by atoms with Crippen LogP contribution in [0.2, 0.25) is 0 Å². The predicted molar refractivity (Wildman–Crippen MR) is 92.4 cm³/mol. The number of H-pyrrole nitrogens is 1. The van der Waals surface area contributed by atoms with E-state index in [9.17, 15) is 14.4 Å². The number of amides is 1. The molecular weight excluding hydrogens is 346 g/mol. The molecule has 25 heavy (non-hydrogen) atoms. The molecule has 0 aliphatic heterocycles. The van der Waals surface area contributed by atoms with Gasteiger partial charge in [0.25, 0.3) is 5.91 Å². The topological polar surface area (TPSA) is 110 Å². The first kappa shape index (κ1) is 18.7. The number of hydrogen-bond acceptors (Lipinski definition) is 7. The van der Waals surface area contributed by atoms with Crippen molar-refractivity contribution in [1.29, 1.82) is 0 Å². The van der Waals surface area contributed by atoms with Gasteiger partial charge in [-0.1, -0.05) is 0 Å². The van der Waals surface area contributed by atoms with Crippen LogP contribution in [-0.4, -0.2) is 41.5 Å². The standard InChI is InChI=1S/C16H19N3O5S/c1-6-24-15(22)11-7(2)10(8(3)17-11)13(20)19-16-18-12(9(4)25-16)14(21)23-5/h17H,6H2,1-5H3,(H,18,19,20). The summed E-state index contributed by atoms with van der Waals surface area (Å²) in [5, 5.41) is 2.93. The number of esters is 2. The molecule has 0 aliphatic carbocycles. The van der Waals surface area contributed by atoms with Gasteiger partial charge in [0.05, 0.1) is 19.3 Å². The fraction of sp³-hybridized carbons (Fsp3) is 0.375. The fourth-order valence-corrected chi connectivity index (χ4v) is 3.19. The quantitative estimate of drug-likeness (QED) is 0.788. The zero-order valence-electron chi connectivity index (χ0n) is 14.6. The van der Waals surface area contributed by atoms with Gasteiger partial charge in [-0.05, 0) is 33.3 Å². The van der Waals surface area contributed by atoms with Crippen LogP contribution < -0.4 is 5.32 Å². The minimum Gasteiger partial charge on any atom is -0.464 e. The SMILES string of the molecule is CCOC(=O)c1[nH]c(C)c(C(=O)Nc2nc(C(=O)OC)c(C)s2)c1C. The van der Waals surface area contributed by atoms with Crippen molar-refractivity contribution in [1.82, 2.24) is 9.97 Å². The summed E-state index contributed by atoms with van der Waals surface area (Å²) in [6.45, 7) is 7.02. The molecule has 0 bridgehead atoms. The minimum absolute atomic E-state index is 0.164. The van der Waals surface area contributed by atoms with E-state index in [4.69, 9.17) is 4.74 Å². The third-order valence-electron chi connectivity index (χ3n) is 3.54. The lowest BCUT2D eigenvalue weighted by Gasteiger charge is -2.03. The van der Waals surface area contributed by atoms with Crippen molar-refractivity contribution in [2.24, 2.45) is 0 Å². The molecule has 0 aromatic carbocycles. The van der Waals surface area contributed by atoms with Crippen molar-refractivity contribution in [3.05, 3.63) is 33.1 Å². The predicted octanol–water partition coefficient (Wildman–Crippen LogP) is 2.61. The van der Waals surface area contributed by atoms with E-state index in [1.54, 1.807) is 27.7 Å². The zero-order valence-corrected chi connectivity index (χ0v) is 15.4. The summed E-state index contributed by atoms with van der Waals surface area (Å²) in [4.78, 5) is 43.7. The summed E-state index contributed by atoms with van der Waals surface area (Å²) in [7, 11) is 1.27. The van der Waals surface area contributed by atoms with E-state index in [0.717, 1.165) is 0 Å². The van der Waals surface area contributed by atoms with Crippen molar-refractivity contribution in [3.63, 3.8) is 0 Å². The Labute approximate surface area is 148 Å². The van der Waals surface area contributed by atoms with Crippen molar-refractivity contribution in [2.75, 3.05) is 19.0 Å². The van der Waals surface area contributed by atoms with Crippen LogP contribution in [0.1, 0.15) is 54.4 Å². The molecule has 1 amide bonds. The minimum atomic E-state index is -0.562. The molecule has 0 atom stereocenters. The summed E-state index contributed by atoms with van der Waals surface area (Å²) in [6, 6.07) is 0. The van der Waals surface area contributed by atoms with E-state index in [1.165, 1.54) is 18.4 Å². The Bertz CT molecular complexity index is 837. The Hall–Kier alpha value is -2.68. The molecule has 0 radical (unpaired) electrons. The fourth-order valence-electron chi connectivity index (χ4n) is 2.39. The van der Waals surface area contributed by atoms with Crippen molar-refractivity contribution in [2.45, 2.75) is 27.7 Å². The number of nitrogens with one attached hydrogen (secondary N) is 2. The van der Waals surface area contributed by atoms with Gasteiger partial charge in [0, 0.05) is 10.6 Å². The van der Waals surface area contributed by atoms with Gasteiger partial charge in [0.15, 0.2) is 10.8 Å². The molecular formula is C16H19N3O5S. The molecule has 0 saturated carbocycles. The van der Waals surface area contributed by atoms with Crippen molar-refractivity contribution < 1.29 is 23.9 Å². The highest BCUT2D eigenvalue weighted by Crippen LogP contribution is 2.25. The summed E-state index contributed by atoms with van der Waals surface area (Å²) in [5.41, 5.74) is 1.79. The van der Waals surface area contributed by atoms with E-state index >= 15 is 0 Å². The Morgan fingerprint density at radius 2 is 1.88 bits per heavy atom. The van der Waals surface area contributed by atoms with Crippen molar-refractivity contribution >= 4 is 34.3 Å². The maximum Gasteiger partial charge on any atom is 0.357 e. The van der Waals surface area contributed by atoms with Crippen LogP contribution >= 0.6 is 11.3 Å². The number of ether oxygens (including phenoxy) is 2. The number of hydrogen-bond donors (Lipinski definition) is 2. The molecule has 2 aromatic rings. The van der Waals surface area contributed by atoms with Gasteiger partial charge in [-0.15, -0.1) is 11.3 Å². The monoisotopic (exact) mass is 365 g/mol. The van der Waals surface area contributed by atoms with Gasteiger partial charge in [0.2, 0.25) is 0 Å². The Kier molecular flexibility index (Phi) is 5.58. The van der Waals surface area contributed by atoms with Gasteiger partial charge in [-0.2, -0.15) is 0 Å². The van der Waals surface area contributed by atoms with Crippen LogP contribution in [0.4, 0.5) is 5.13 Å². The van der Waals surface area contributed by atoms with E-state index in [1.807, 2.05) is 0 Å². The number of carbonyl (C=O) groups excluding carboxylic acids is 3. The first-order chi connectivity index (χ1) is 11.8. The molecule has 0 spiro atoms. The van der Waals surface area contributed by atoms with Crippen LogP contribution in [0.15, 0.2) is 0 Å². The first-order valence-electron chi connectivity index (χ1n) is 7.53. The third-order valence-corrected chi connectivity index (χ3v) is 4.43. The molecule has 0 saturated heterocycles. The highest BCUT2D eigenvalue weighted by atomic mass is 32.1. The average molecular weight is 365 g/mol. The number of thiazole rings is 1. The van der Waals surface area contributed by atoms with Crippen LogP contribution in [0.5, 0.6) is 0 Å². The lowest BCUT2D eigenvalue weighted by Crippen LogP contribution is -2.14. The van der Waals surface area contributed by atoms with Gasteiger partial charge in [-0.25, -0.2) is 14.6 Å². The zero-order chi connectivity index (χ0) is 18.7. The highest BCUT2D eigenvalue weighted by molar-refractivity contribution is 7.16. The lowest BCUT2D eigenvalue weighted by atomic mass is 10.1. The second kappa shape index (κ2) is 7.47. The van der Waals surface area contributed by atoms with Gasteiger partial charge >= 0.3 is 11.9 Å². The second-order valence-corrected chi connectivity index (χ2v) is 6.42. The van der Waals surface area contributed by atoms with Gasteiger partial charge < -0.3 is 14.5 Å². The number of aromatic nitrogens is 2. The third kappa shape index (κ3) is 3.71. The van der Waals surface area contributed by atoms with E-state index < -0.39 is 17.8 Å². The van der Waals surface area contributed by atoms with Gasteiger partial charge in [0.1, 0.15) is 5.69 Å². The molecule has 9 heteroatoms. The highest BCUT2D eigenvalue weighted by Gasteiger charge is 2.24. The van der Waals surface area contributed by atoms with Crippen LogP contribution in [-0.2, 0) is 9.47 Å². The number of rotatable bonds is 5. The molecule has 2 N–H and O–H groups in total. The Balaban J connectivity index is 2.27. The number of anilines is 1. The Morgan fingerprint density at radius 1 is 1.20 bits per heavy atom.